The Balaban J connectivity index is 2.05. The van der Waals surface area contributed by atoms with Crippen LogP contribution in [-0.2, 0) is 13.0 Å². The Labute approximate surface area is 106 Å². The van der Waals surface area contributed by atoms with Crippen molar-refractivity contribution in [2.24, 2.45) is 0 Å². The number of aromatic nitrogens is 3. The molecule has 2 aromatic carbocycles. The van der Waals surface area contributed by atoms with Crippen molar-refractivity contribution in [3.05, 3.63) is 60.2 Å². The SMILES string of the molecule is CCn1cnnc1Cc1cccc2ccccc12. The maximum atomic E-state index is 4.20. The van der Waals surface area contributed by atoms with Crippen LogP contribution in [0.4, 0.5) is 0 Å². The van der Waals surface area contributed by atoms with E-state index in [2.05, 4.69) is 64.2 Å². The summed E-state index contributed by atoms with van der Waals surface area (Å²) in [6, 6.07) is 14.9. The fourth-order valence-electron chi connectivity index (χ4n) is 2.30. The molecule has 0 fully saturated rings. The monoisotopic (exact) mass is 237 g/mol. The Kier molecular flexibility index (Phi) is 2.81. The third-order valence-electron chi connectivity index (χ3n) is 3.26. The highest BCUT2D eigenvalue weighted by Gasteiger charge is 2.06. The first-order valence-corrected chi connectivity index (χ1v) is 6.22. The van der Waals surface area contributed by atoms with Crippen LogP contribution in [0.1, 0.15) is 18.3 Å². The number of hydrogen-bond acceptors (Lipinski definition) is 2. The van der Waals surface area contributed by atoms with Gasteiger partial charge in [-0.3, -0.25) is 0 Å². The van der Waals surface area contributed by atoms with Crippen LogP contribution in [0.15, 0.2) is 48.8 Å². The highest BCUT2D eigenvalue weighted by atomic mass is 15.3. The highest BCUT2D eigenvalue weighted by Crippen LogP contribution is 2.20. The molecule has 0 N–H and O–H groups in total. The number of fused-ring (bicyclic) bond motifs is 1. The van der Waals surface area contributed by atoms with Crippen molar-refractivity contribution in [2.75, 3.05) is 0 Å². The molecule has 18 heavy (non-hydrogen) atoms. The van der Waals surface area contributed by atoms with Crippen LogP contribution in [0.5, 0.6) is 0 Å². The molecular weight excluding hydrogens is 222 g/mol. The van der Waals surface area contributed by atoms with E-state index in [9.17, 15) is 0 Å². The predicted octanol–water partition coefficient (Wildman–Crippen LogP) is 3.04. The fraction of sp³-hybridized carbons (Fsp3) is 0.200. The minimum absolute atomic E-state index is 0.829. The summed E-state index contributed by atoms with van der Waals surface area (Å²) in [5.41, 5.74) is 1.30. The van der Waals surface area contributed by atoms with Crippen LogP contribution in [0.3, 0.4) is 0 Å². The van der Waals surface area contributed by atoms with Gasteiger partial charge in [-0.05, 0) is 23.3 Å². The van der Waals surface area contributed by atoms with Crippen molar-refractivity contribution in [1.82, 2.24) is 14.8 Å². The van der Waals surface area contributed by atoms with Crippen molar-refractivity contribution in [1.29, 1.82) is 0 Å². The zero-order valence-corrected chi connectivity index (χ0v) is 10.4. The van der Waals surface area contributed by atoms with Gasteiger partial charge in [0, 0.05) is 13.0 Å². The number of hydrogen-bond donors (Lipinski definition) is 0. The van der Waals surface area contributed by atoms with E-state index < -0.39 is 0 Å². The summed E-state index contributed by atoms with van der Waals surface area (Å²) in [7, 11) is 0. The lowest BCUT2D eigenvalue weighted by Crippen LogP contribution is -2.02. The molecule has 3 nitrogen and oxygen atoms in total. The van der Waals surface area contributed by atoms with Crippen molar-refractivity contribution in [3.8, 4) is 0 Å². The third kappa shape index (κ3) is 1.88. The molecule has 1 heterocycles. The van der Waals surface area contributed by atoms with Gasteiger partial charge in [0.25, 0.3) is 0 Å². The summed E-state index contributed by atoms with van der Waals surface area (Å²) in [5, 5.41) is 10.8. The van der Waals surface area contributed by atoms with Crippen LogP contribution in [0.2, 0.25) is 0 Å². The van der Waals surface area contributed by atoms with Gasteiger partial charge in [-0.15, -0.1) is 10.2 Å². The highest BCUT2D eigenvalue weighted by molar-refractivity contribution is 5.85. The molecule has 3 rings (SSSR count). The van der Waals surface area contributed by atoms with E-state index in [0.717, 1.165) is 18.8 Å². The molecule has 3 aromatic rings. The van der Waals surface area contributed by atoms with E-state index >= 15 is 0 Å². The standard InChI is InChI=1S/C15H15N3/c1-2-18-11-16-17-15(18)10-13-8-5-7-12-6-3-4-9-14(12)13/h3-9,11H,2,10H2,1H3. The average Bonchev–Trinajstić information content (AvgIpc) is 2.86. The minimum Gasteiger partial charge on any atom is -0.318 e. The topological polar surface area (TPSA) is 30.7 Å². The molecule has 0 aliphatic rings. The predicted molar refractivity (Wildman–Crippen MR) is 72.5 cm³/mol. The van der Waals surface area contributed by atoms with E-state index in [-0.39, 0.29) is 0 Å². The lowest BCUT2D eigenvalue weighted by Gasteiger charge is -2.07. The Hall–Kier alpha value is -2.16. The first-order chi connectivity index (χ1) is 8.88. The number of rotatable bonds is 3. The van der Waals surface area contributed by atoms with E-state index in [0.29, 0.717) is 0 Å². The van der Waals surface area contributed by atoms with Crippen LogP contribution >= 0.6 is 0 Å². The van der Waals surface area contributed by atoms with Crippen LogP contribution in [0.25, 0.3) is 10.8 Å². The zero-order chi connectivity index (χ0) is 12.4. The van der Waals surface area contributed by atoms with Gasteiger partial charge in [-0.25, -0.2) is 0 Å². The second-order valence-electron chi connectivity index (χ2n) is 4.35. The molecule has 0 radical (unpaired) electrons. The summed E-state index contributed by atoms with van der Waals surface area (Å²) < 4.78 is 2.09. The molecule has 0 saturated carbocycles. The molecule has 0 amide bonds. The van der Waals surface area contributed by atoms with E-state index in [1.807, 2.05) is 0 Å². The first kappa shape index (κ1) is 11.0. The Morgan fingerprint density at radius 3 is 2.78 bits per heavy atom. The second kappa shape index (κ2) is 4.61. The molecule has 0 bridgehead atoms. The van der Waals surface area contributed by atoms with Gasteiger partial charge in [0.2, 0.25) is 0 Å². The molecule has 90 valence electrons. The summed E-state index contributed by atoms with van der Waals surface area (Å²) in [4.78, 5) is 0. The third-order valence-corrected chi connectivity index (χ3v) is 3.26. The van der Waals surface area contributed by atoms with Crippen LogP contribution in [-0.4, -0.2) is 14.8 Å². The maximum absolute atomic E-state index is 4.20. The fourth-order valence-corrected chi connectivity index (χ4v) is 2.30. The van der Waals surface area contributed by atoms with Gasteiger partial charge in [0.15, 0.2) is 0 Å². The summed E-state index contributed by atoms with van der Waals surface area (Å²) >= 11 is 0. The Bertz CT molecular complexity index is 665. The Morgan fingerprint density at radius 2 is 1.89 bits per heavy atom. The largest absolute Gasteiger partial charge is 0.318 e. The van der Waals surface area contributed by atoms with Crippen molar-refractivity contribution >= 4 is 10.8 Å². The summed E-state index contributed by atoms with van der Waals surface area (Å²) in [5.74, 6) is 1.02. The maximum Gasteiger partial charge on any atom is 0.137 e. The van der Waals surface area contributed by atoms with Gasteiger partial charge < -0.3 is 4.57 Å². The Morgan fingerprint density at radius 1 is 1.06 bits per heavy atom. The number of aryl methyl sites for hydroxylation is 1. The van der Waals surface area contributed by atoms with Crippen LogP contribution < -0.4 is 0 Å². The lowest BCUT2D eigenvalue weighted by atomic mass is 10.0. The summed E-state index contributed by atoms with van der Waals surface area (Å²) in [6.07, 6.45) is 2.62. The second-order valence-corrected chi connectivity index (χ2v) is 4.35. The van der Waals surface area contributed by atoms with Gasteiger partial charge in [0.05, 0.1) is 0 Å². The van der Waals surface area contributed by atoms with Gasteiger partial charge in [0.1, 0.15) is 12.2 Å². The zero-order valence-electron chi connectivity index (χ0n) is 10.4. The molecular formula is C15H15N3. The van der Waals surface area contributed by atoms with Crippen molar-refractivity contribution < 1.29 is 0 Å². The molecule has 0 atom stereocenters. The minimum atomic E-state index is 0.829. The molecule has 0 aliphatic heterocycles. The first-order valence-electron chi connectivity index (χ1n) is 6.22. The van der Waals surface area contributed by atoms with Gasteiger partial charge >= 0.3 is 0 Å². The van der Waals surface area contributed by atoms with Gasteiger partial charge in [-0.2, -0.15) is 0 Å². The summed E-state index contributed by atoms with van der Waals surface area (Å²) in [6.45, 7) is 3.02. The molecule has 3 heteroatoms. The smallest absolute Gasteiger partial charge is 0.137 e. The lowest BCUT2D eigenvalue weighted by molar-refractivity contribution is 0.713. The van der Waals surface area contributed by atoms with Crippen molar-refractivity contribution in [2.45, 2.75) is 19.9 Å². The average molecular weight is 237 g/mol. The number of benzene rings is 2. The molecule has 0 spiro atoms. The van der Waals surface area contributed by atoms with Gasteiger partial charge in [-0.1, -0.05) is 42.5 Å². The normalized spacial score (nSPS) is 10.9. The number of nitrogens with zero attached hydrogens (tertiary/aromatic N) is 3. The quantitative estimate of drug-likeness (QED) is 0.701. The molecule has 1 aromatic heterocycles. The van der Waals surface area contributed by atoms with E-state index in [1.54, 1.807) is 6.33 Å². The van der Waals surface area contributed by atoms with Crippen molar-refractivity contribution in [3.63, 3.8) is 0 Å². The molecule has 0 aliphatic carbocycles. The molecule has 0 saturated heterocycles. The van der Waals surface area contributed by atoms with Crippen LogP contribution in [0, 0.1) is 0 Å². The molecule has 0 unspecified atom stereocenters. The van der Waals surface area contributed by atoms with E-state index in [4.69, 9.17) is 0 Å². The van der Waals surface area contributed by atoms with E-state index in [1.165, 1.54) is 16.3 Å².